The molecule has 0 aromatic heterocycles. The molecule has 0 radical (unpaired) electrons. The SMILES string of the molecule is COc1cc2c(c(-c3ccc(F)c(Cl)c3)c1)OC(COS(=O)(=O)c1ccc(C)cc1)C2. The molecule has 0 aliphatic carbocycles. The van der Waals surface area contributed by atoms with E-state index in [4.69, 9.17) is 25.3 Å². The molecular weight excluding hydrogens is 443 g/mol. The van der Waals surface area contributed by atoms with Crippen LogP contribution in [0.25, 0.3) is 11.1 Å². The molecule has 1 aliphatic heterocycles. The van der Waals surface area contributed by atoms with Gasteiger partial charge in [-0.2, -0.15) is 8.42 Å². The number of halogens is 2. The second kappa shape index (κ2) is 8.49. The van der Waals surface area contributed by atoms with Gasteiger partial charge >= 0.3 is 0 Å². The highest BCUT2D eigenvalue weighted by molar-refractivity contribution is 7.86. The van der Waals surface area contributed by atoms with E-state index in [0.717, 1.165) is 11.1 Å². The lowest BCUT2D eigenvalue weighted by Crippen LogP contribution is -2.23. The third-order valence-corrected chi connectivity index (χ3v) is 6.64. The van der Waals surface area contributed by atoms with Crippen LogP contribution in [0.1, 0.15) is 11.1 Å². The van der Waals surface area contributed by atoms with E-state index in [0.29, 0.717) is 29.0 Å². The Kier molecular flexibility index (Phi) is 5.92. The molecule has 1 heterocycles. The number of methoxy groups -OCH3 is 1. The summed E-state index contributed by atoms with van der Waals surface area (Å²) in [6.45, 7) is 1.73. The minimum Gasteiger partial charge on any atom is -0.497 e. The van der Waals surface area contributed by atoms with Gasteiger partial charge in [0, 0.05) is 17.5 Å². The Balaban J connectivity index is 1.57. The summed E-state index contributed by atoms with van der Waals surface area (Å²) in [6.07, 6.45) is -0.0604. The van der Waals surface area contributed by atoms with Crippen LogP contribution in [-0.2, 0) is 20.7 Å². The van der Waals surface area contributed by atoms with Crippen molar-refractivity contribution in [2.75, 3.05) is 13.7 Å². The Hall–Kier alpha value is -2.61. The number of aryl methyl sites for hydroxylation is 1. The summed E-state index contributed by atoms with van der Waals surface area (Å²) >= 11 is 5.95. The molecular formula is C23H20ClFO5S. The number of hydrogen-bond donors (Lipinski definition) is 0. The van der Waals surface area contributed by atoms with Crippen LogP contribution in [0.2, 0.25) is 5.02 Å². The van der Waals surface area contributed by atoms with E-state index < -0.39 is 22.0 Å². The highest BCUT2D eigenvalue weighted by Crippen LogP contribution is 2.42. The van der Waals surface area contributed by atoms with Crippen LogP contribution in [0.3, 0.4) is 0 Å². The first kappa shape index (κ1) is 21.6. The van der Waals surface area contributed by atoms with Crippen LogP contribution < -0.4 is 9.47 Å². The van der Waals surface area contributed by atoms with Gasteiger partial charge in [0.15, 0.2) is 0 Å². The predicted molar refractivity (Wildman–Crippen MR) is 116 cm³/mol. The van der Waals surface area contributed by atoms with E-state index in [1.165, 1.54) is 24.3 Å². The molecule has 3 aromatic carbocycles. The normalized spacial score (nSPS) is 15.4. The number of hydrogen-bond acceptors (Lipinski definition) is 5. The molecule has 4 rings (SSSR count). The molecule has 8 heteroatoms. The lowest BCUT2D eigenvalue weighted by atomic mass is 10.00. The maximum Gasteiger partial charge on any atom is 0.297 e. The molecule has 1 unspecified atom stereocenters. The van der Waals surface area contributed by atoms with Crippen LogP contribution >= 0.6 is 11.6 Å². The van der Waals surface area contributed by atoms with Crippen molar-refractivity contribution < 1.29 is 26.5 Å². The van der Waals surface area contributed by atoms with E-state index in [2.05, 4.69) is 0 Å². The molecule has 0 fully saturated rings. The topological polar surface area (TPSA) is 61.8 Å². The van der Waals surface area contributed by atoms with E-state index in [9.17, 15) is 12.8 Å². The third-order valence-electron chi connectivity index (χ3n) is 5.06. The summed E-state index contributed by atoms with van der Waals surface area (Å²) in [7, 11) is -2.35. The Bertz CT molecular complexity index is 1230. The van der Waals surface area contributed by atoms with E-state index in [-0.39, 0.29) is 16.5 Å². The molecule has 1 atom stereocenters. The van der Waals surface area contributed by atoms with Gasteiger partial charge in [-0.25, -0.2) is 4.39 Å². The second-order valence-electron chi connectivity index (χ2n) is 7.29. The smallest absolute Gasteiger partial charge is 0.297 e. The molecule has 162 valence electrons. The quantitative estimate of drug-likeness (QED) is 0.473. The number of fused-ring (bicyclic) bond motifs is 1. The molecule has 0 saturated heterocycles. The number of rotatable bonds is 6. The van der Waals surface area contributed by atoms with Crippen molar-refractivity contribution in [3.05, 3.63) is 76.6 Å². The average molecular weight is 463 g/mol. The van der Waals surface area contributed by atoms with Crippen LogP contribution in [0, 0.1) is 12.7 Å². The fraction of sp³-hybridized carbons (Fsp3) is 0.217. The minimum atomic E-state index is -3.90. The van der Waals surface area contributed by atoms with Crippen molar-refractivity contribution in [1.82, 2.24) is 0 Å². The van der Waals surface area contributed by atoms with Gasteiger partial charge in [-0.1, -0.05) is 35.4 Å². The van der Waals surface area contributed by atoms with Crippen molar-refractivity contribution in [3.8, 4) is 22.6 Å². The van der Waals surface area contributed by atoms with Crippen LogP contribution in [0.15, 0.2) is 59.5 Å². The second-order valence-corrected chi connectivity index (χ2v) is 9.31. The average Bonchev–Trinajstić information content (AvgIpc) is 3.17. The third kappa shape index (κ3) is 4.54. The number of ether oxygens (including phenoxy) is 2. The van der Waals surface area contributed by atoms with Crippen molar-refractivity contribution in [2.24, 2.45) is 0 Å². The predicted octanol–water partition coefficient (Wildman–Crippen LogP) is 5.17. The molecule has 0 spiro atoms. The van der Waals surface area contributed by atoms with Crippen molar-refractivity contribution >= 4 is 21.7 Å². The maximum atomic E-state index is 13.6. The van der Waals surface area contributed by atoms with Gasteiger partial charge in [-0.05, 0) is 48.9 Å². The summed E-state index contributed by atoms with van der Waals surface area (Å²) in [5, 5.41) is -0.00357. The molecule has 0 N–H and O–H groups in total. The van der Waals surface area contributed by atoms with Gasteiger partial charge < -0.3 is 9.47 Å². The zero-order valence-corrected chi connectivity index (χ0v) is 18.5. The van der Waals surface area contributed by atoms with Crippen molar-refractivity contribution in [1.29, 1.82) is 0 Å². The highest BCUT2D eigenvalue weighted by Gasteiger charge is 2.29. The molecule has 0 amide bonds. The molecule has 3 aromatic rings. The molecule has 0 saturated carbocycles. The van der Waals surface area contributed by atoms with E-state index in [1.54, 1.807) is 31.4 Å². The molecule has 0 bridgehead atoms. The van der Waals surface area contributed by atoms with Gasteiger partial charge in [0.25, 0.3) is 10.1 Å². The lowest BCUT2D eigenvalue weighted by molar-refractivity contribution is 0.152. The molecule has 5 nitrogen and oxygen atoms in total. The van der Waals surface area contributed by atoms with Gasteiger partial charge in [0.05, 0.1) is 17.0 Å². The zero-order chi connectivity index (χ0) is 22.2. The van der Waals surface area contributed by atoms with Crippen LogP contribution in [0.4, 0.5) is 4.39 Å². The summed E-state index contributed by atoms with van der Waals surface area (Å²) in [5.41, 5.74) is 3.14. The minimum absolute atomic E-state index is 0.00357. The van der Waals surface area contributed by atoms with Crippen LogP contribution in [-0.4, -0.2) is 28.2 Å². The fourth-order valence-electron chi connectivity index (χ4n) is 3.43. The van der Waals surface area contributed by atoms with E-state index >= 15 is 0 Å². The van der Waals surface area contributed by atoms with Gasteiger partial charge in [0.1, 0.15) is 30.0 Å². The zero-order valence-electron chi connectivity index (χ0n) is 16.9. The van der Waals surface area contributed by atoms with Crippen molar-refractivity contribution in [2.45, 2.75) is 24.3 Å². The van der Waals surface area contributed by atoms with E-state index in [1.807, 2.05) is 13.0 Å². The molecule has 31 heavy (non-hydrogen) atoms. The van der Waals surface area contributed by atoms with Crippen LogP contribution in [0.5, 0.6) is 11.5 Å². The van der Waals surface area contributed by atoms with Crippen molar-refractivity contribution in [3.63, 3.8) is 0 Å². The maximum absolute atomic E-state index is 13.6. The fourth-order valence-corrected chi connectivity index (χ4v) is 4.55. The summed E-state index contributed by atoms with van der Waals surface area (Å²) in [4.78, 5) is 0.0944. The Morgan fingerprint density at radius 3 is 2.55 bits per heavy atom. The Labute approximate surface area is 185 Å². The summed E-state index contributed by atoms with van der Waals surface area (Å²) in [5.74, 6) is 0.662. The first-order valence-electron chi connectivity index (χ1n) is 9.56. The van der Waals surface area contributed by atoms with Gasteiger partial charge in [-0.3, -0.25) is 4.18 Å². The standard InChI is InChI=1S/C23H20ClFO5S/c1-14-3-6-19(7-4-14)31(26,27)29-13-18-10-16-9-17(28-2)12-20(23(16)30-18)15-5-8-22(25)21(24)11-15/h3-9,11-12,18H,10,13H2,1-2H3. The monoisotopic (exact) mass is 462 g/mol. The first-order chi connectivity index (χ1) is 14.8. The summed E-state index contributed by atoms with van der Waals surface area (Å²) < 4.78 is 55.2. The largest absolute Gasteiger partial charge is 0.497 e. The highest BCUT2D eigenvalue weighted by atomic mass is 35.5. The number of benzene rings is 3. The van der Waals surface area contributed by atoms with Gasteiger partial charge in [0.2, 0.25) is 0 Å². The lowest BCUT2D eigenvalue weighted by Gasteiger charge is -2.14. The Morgan fingerprint density at radius 2 is 1.87 bits per heavy atom. The van der Waals surface area contributed by atoms with Gasteiger partial charge in [-0.15, -0.1) is 0 Å². The summed E-state index contributed by atoms with van der Waals surface area (Å²) in [6, 6.07) is 14.5. The molecule has 1 aliphatic rings. The Morgan fingerprint density at radius 1 is 1.13 bits per heavy atom. The first-order valence-corrected chi connectivity index (χ1v) is 11.3.